The second-order valence-electron chi connectivity index (χ2n) is 4.74. The molecule has 1 aliphatic rings. The topological polar surface area (TPSA) is 63.4 Å². The van der Waals surface area contributed by atoms with Gasteiger partial charge in [0.2, 0.25) is 0 Å². The number of rotatable bonds is 5. The predicted octanol–water partition coefficient (Wildman–Crippen LogP) is 1.46. The van der Waals surface area contributed by atoms with Gasteiger partial charge in [0.15, 0.2) is 9.84 Å². The number of benzene rings is 1. The molecule has 1 aromatic carbocycles. The Balaban J connectivity index is 2.07. The molecule has 1 aromatic rings. The molecular formula is C13H20N2O2S. The lowest BCUT2D eigenvalue weighted by molar-refractivity contribution is 0.593. The molecular weight excluding hydrogens is 248 g/mol. The van der Waals surface area contributed by atoms with Crippen LogP contribution < -0.4 is 10.6 Å². The highest BCUT2D eigenvalue weighted by molar-refractivity contribution is 7.91. The van der Waals surface area contributed by atoms with Crippen molar-refractivity contribution in [3.05, 3.63) is 23.8 Å². The van der Waals surface area contributed by atoms with Gasteiger partial charge in [0.25, 0.3) is 0 Å². The molecule has 0 fully saturated rings. The fourth-order valence-electron chi connectivity index (χ4n) is 2.45. The van der Waals surface area contributed by atoms with Gasteiger partial charge >= 0.3 is 0 Å². The van der Waals surface area contributed by atoms with Crippen LogP contribution in [-0.2, 0) is 16.3 Å². The van der Waals surface area contributed by atoms with Gasteiger partial charge in [0.05, 0.1) is 17.1 Å². The van der Waals surface area contributed by atoms with E-state index in [2.05, 4.69) is 11.0 Å². The van der Waals surface area contributed by atoms with Gasteiger partial charge in [-0.15, -0.1) is 0 Å². The van der Waals surface area contributed by atoms with Crippen LogP contribution in [-0.4, -0.2) is 33.0 Å². The van der Waals surface area contributed by atoms with Crippen molar-refractivity contribution in [2.75, 3.05) is 35.2 Å². The van der Waals surface area contributed by atoms with E-state index in [0.717, 1.165) is 24.3 Å². The fraction of sp³-hybridized carbons (Fsp3) is 0.538. The van der Waals surface area contributed by atoms with Gasteiger partial charge in [-0.05, 0) is 24.5 Å². The summed E-state index contributed by atoms with van der Waals surface area (Å²) in [6.07, 6.45) is 1.63. The SMILES string of the molecule is CCCS(=O)(=O)CCN1CCc2cccc(N)c21. The average molecular weight is 268 g/mol. The van der Waals surface area contributed by atoms with Crippen molar-refractivity contribution < 1.29 is 8.42 Å². The van der Waals surface area contributed by atoms with Crippen LogP contribution in [0.5, 0.6) is 0 Å². The summed E-state index contributed by atoms with van der Waals surface area (Å²) >= 11 is 0. The van der Waals surface area contributed by atoms with Gasteiger partial charge in [-0.1, -0.05) is 19.1 Å². The normalized spacial score (nSPS) is 14.8. The number of nitrogen functional groups attached to an aromatic ring is 1. The monoisotopic (exact) mass is 268 g/mol. The predicted molar refractivity (Wildman–Crippen MR) is 75.7 cm³/mol. The van der Waals surface area contributed by atoms with E-state index in [-0.39, 0.29) is 11.5 Å². The third-order valence-electron chi connectivity index (χ3n) is 3.31. The van der Waals surface area contributed by atoms with Crippen LogP contribution in [0.2, 0.25) is 0 Å². The van der Waals surface area contributed by atoms with Crippen molar-refractivity contribution in [2.45, 2.75) is 19.8 Å². The number of fused-ring (bicyclic) bond motifs is 1. The Kier molecular flexibility index (Phi) is 3.80. The summed E-state index contributed by atoms with van der Waals surface area (Å²) in [5.41, 5.74) is 8.97. The highest BCUT2D eigenvalue weighted by Gasteiger charge is 2.22. The Labute approximate surface area is 109 Å². The second kappa shape index (κ2) is 5.18. The Morgan fingerprint density at radius 2 is 2.11 bits per heavy atom. The van der Waals surface area contributed by atoms with Crippen molar-refractivity contribution in [2.24, 2.45) is 0 Å². The summed E-state index contributed by atoms with van der Waals surface area (Å²) < 4.78 is 23.5. The Hall–Kier alpha value is -1.23. The molecule has 1 heterocycles. The molecule has 0 spiro atoms. The Bertz CT molecular complexity index is 526. The molecule has 2 rings (SSSR count). The molecule has 0 amide bonds. The molecule has 0 unspecified atom stereocenters. The van der Waals surface area contributed by atoms with Crippen LogP contribution in [0.25, 0.3) is 0 Å². The van der Waals surface area contributed by atoms with Gasteiger partial charge in [-0.3, -0.25) is 0 Å². The van der Waals surface area contributed by atoms with Gasteiger partial charge in [0, 0.05) is 18.8 Å². The molecule has 0 saturated heterocycles. The van der Waals surface area contributed by atoms with E-state index in [1.807, 2.05) is 19.1 Å². The van der Waals surface area contributed by atoms with E-state index in [0.29, 0.717) is 13.0 Å². The third-order valence-corrected chi connectivity index (χ3v) is 5.14. The van der Waals surface area contributed by atoms with Crippen molar-refractivity contribution >= 4 is 21.2 Å². The maximum absolute atomic E-state index is 11.7. The first kappa shape index (κ1) is 13.2. The first-order chi connectivity index (χ1) is 8.53. The fourth-order valence-corrected chi connectivity index (χ4v) is 3.78. The Morgan fingerprint density at radius 3 is 2.83 bits per heavy atom. The molecule has 1 aliphatic heterocycles. The van der Waals surface area contributed by atoms with E-state index in [9.17, 15) is 8.42 Å². The molecule has 0 atom stereocenters. The maximum atomic E-state index is 11.7. The molecule has 0 saturated carbocycles. The largest absolute Gasteiger partial charge is 0.397 e. The first-order valence-electron chi connectivity index (χ1n) is 6.36. The Morgan fingerprint density at radius 1 is 1.33 bits per heavy atom. The van der Waals surface area contributed by atoms with Gasteiger partial charge in [0.1, 0.15) is 0 Å². The summed E-state index contributed by atoms with van der Waals surface area (Å²) in [4.78, 5) is 2.10. The van der Waals surface area contributed by atoms with Crippen LogP contribution in [0.15, 0.2) is 18.2 Å². The minimum absolute atomic E-state index is 0.217. The molecule has 5 heteroatoms. The highest BCUT2D eigenvalue weighted by atomic mass is 32.2. The van der Waals surface area contributed by atoms with Crippen LogP contribution in [0.3, 0.4) is 0 Å². The molecule has 2 N–H and O–H groups in total. The van der Waals surface area contributed by atoms with E-state index in [1.54, 1.807) is 0 Å². The van der Waals surface area contributed by atoms with E-state index < -0.39 is 9.84 Å². The number of anilines is 2. The quantitative estimate of drug-likeness (QED) is 0.821. The number of para-hydroxylation sites is 1. The van der Waals surface area contributed by atoms with Gasteiger partial charge in [-0.2, -0.15) is 0 Å². The van der Waals surface area contributed by atoms with Crippen LogP contribution in [0, 0.1) is 0 Å². The number of nitrogens with two attached hydrogens (primary N) is 1. The third kappa shape index (κ3) is 2.77. The van der Waals surface area contributed by atoms with Crippen molar-refractivity contribution in [3.8, 4) is 0 Å². The summed E-state index contributed by atoms with van der Waals surface area (Å²) in [7, 11) is -2.92. The van der Waals surface area contributed by atoms with Crippen LogP contribution in [0.1, 0.15) is 18.9 Å². The zero-order valence-corrected chi connectivity index (χ0v) is 11.5. The summed E-state index contributed by atoms with van der Waals surface area (Å²) in [6, 6.07) is 5.88. The van der Waals surface area contributed by atoms with Crippen molar-refractivity contribution in [1.29, 1.82) is 0 Å². The molecule has 0 aromatic heterocycles. The highest BCUT2D eigenvalue weighted by Crippen LogP contribution is 2.33. The van der Waals surface area contributed by atoms with Crippen molar-refractivity contribution in [3.63, 3.8) is 0 Å². The first-order valence-corrected chi connectivity index (χ1v) is 8.18. The van der Waals surface area contributed by atoms with E-state index >= 15 is 0 Å². The van der Waals surface area contributed by atoms with Gasteiger partial charge < -0.3 is 10.6 Å². The lowest BCUT2D eigenvalue weighted by atomic mass is 10.1. The van der Waals surface area contributed by atoms with Crippen LogP contribution >= 0.6 is 0 Å². The molecule has 100 valence electrons. The van der Waals surface area contributed by atoms with Crippen molar-refractivity contribution in [1.82, 2.24) is 0 Å². The smallest absolute Gasteiger partial charge is 0.152 e. The minimum Gasteiger partial charge on any atom is -0.397 e. The summed E-state index contributed by atoms with van der Waals surface area (Å²) in [5.74, 6) is 0.493. The zero-order valence-electron chi connectivity index (χ0n) is 10.7. The lowest BCUT2D eigenvalue weighted by Gasteiger charge is -2.20. The number of hydrogen-bond donors (Lipinski definition) is 1. The number of sulfone groups is 1. The number of hydrogen-bond acceptors (Lipinski definition) is 4. The van der Waals surface area contributed by atoms with Crippen LogP contribution in [0.4, 0.5) is 11.4 Å². The molecule has 4 nitrogen and oxygen atoms in total. The van der Waals surface area contributed by atoms with E-state index in [1.165, 1.54) is 5.56 Å². The lowest BCUT2D eigenvalue weighted by Crippen LogP contribution is -2.29. The summed E-state index contributed by atoms with van der Waals surface area (Å²) in [5, 5.41) is 0. The summed E-state index contributed by atoms with van der Waals surface area (Å²) in [6.45, 7) is 3.30. The van der Waals surface area contributed by atoms with Gasteiger partial charge in [-0.25, -0.2) is 8.42 Å². The molecule has 0 bridgehead atoms. The van der Waals surface area contributed by atoms with E-state index in [4.69, 9.17) is 5.73 Å². The standard InChI is InChI=1S/C13H20N2O2S/c1-2-9-18(16,17)10-8-15-7-6-11-4-3-5-12(14)13(11)15/h3-5H,2,6-10,14H2,1H3. The zero-order chi connectivity index (χ0) is 13.2. The number of nitrogens with zero attached hydrogens (tertiary/aromatic N) is 1. The minimum atomic E-state index is -2.92. The second-order valence-corrected chi connectivity index (χ2v) is 7.05. The molecule has 0 aliphatic carbocycles. The molecule has 0 radical (unpaired) electrons. The maximum Gasteiger partial charge on any atom is 0.152 e. The average Bonchev–Trinajstić information content (AvgIpc) is 2.71. The molecule has 18 heavy (non-hydrogen) atoms.